The Hall–Kier alpha value is -1.59. The Morgan fingerprint density at radius 2 is 1.76 bits per heavy atom. The van der Waals surface area contributed by atoms with Gasteiger partial charge in [0.25, 0.3) is 0 Å². The summed E-state index contributed by atoms with van der Waals surface area (Å²) in [6, 6.07) is 0.0211. The average molecular weight is 299 g/mol. The van der Waals surface area contributed by atoms with Crippen LogP contribution >= 0.6 is 0 Å². The number of esters is 1. The molecule has 0 aromatic carbocycles. The molecule has 120 valence electrons. The Labute approximate surface area is 125 Å². The van der Waals surface area contributed by atoms with E-state index in [4.69, 9.17) is 9.84 Å². The second-order valence-corrected chi connectivity index (χ2v) is 6.23. The van der Waals surface area contributed by atoms with E-state index in [0.717, 1.165) is 12.8 Å². The van der Waals surface area contributed by atoms with Crippen molar-refractivity contribution in [2.24, 2.45) is 11.3 Å². The molecule has 6 heteroatoms. The van der Waals surface area contributed by atoms with Crippen LogP contribution in [0.2, 0.25) is 0 Å². The van der Waals surface area contributed by atoms with Crippen molar-refractivity contribution in [3.8, 4) is 0 Å². The second kappa shape index (κ2) is 7.43. The number of carboxylic acids is 1. The first-order chi connectivity index (χ1) is 9.76. The molecule has 1 amide bonds. The molecule has 0 aromatic rings. The van der Waals surface area contributed by atoms with Crippen LogP contribution in [0.15, 0.2) is 0 Å². The van der Waals surface area contributed by atoms with Crippen molar-refractivity contribution in [3.63, 3.8) is 0 Å². The maximum atomic E-state index is 11.9. The fourth-order valence-corrected chi connectivity index (χ4v) is 2.49. The molecule has 0 atom stereocenters. The lowest BCUT2D eigenvalue weighted by atomic mass is 9.85. The number of ether oxygens (including phenoxy) is 1. The highest BCUT2D eigenvalue weighted by atomic mass is 16.5. The highest BCUT2D eigenvalue weighted by Gasteiger charge is 2.32. The molecule has 0 bridgehead atoms. The largest absolute Gasteiger partial charge is 0.481 e. The van der Waals surface area contributed by atoms with Gasteiger partial charge in [-0.3, -0.25) is 14.4 Å². The van der Waals surface area contributed by atoms with Crippen LogP contribution in [0, 0.1) is 11.3 Å². The molecule has 6 nitrogen and oxygen atoms in total. The van der Waals surface area contributed by atoms with E-state index < -0.39 is 11.4 Å². The molecule has 1 saturated carbocycles. The molecule has 0 spiro atoms. The van der Waals surface area contributed by atoms with Gasteiger partial charge in [0.1, 0.15) is 0 Å². The van der Waals surface area contributed by atoms with Gasteiger partial charge in [-0.05, 0) is 46.5 Å². The van der Waals surface area contributed by atoms with Crippen molar-refractivity contribution in [1.29, 1.82) is 0 Å². The van der Waals surface area contributed by atoms with E-state index >= 15 is 0 Å². The van der Waals surface area contributed by atoms with Gasteiger partial charge in [-0.25, -0.2) is 0 Å². The molecule has 0 aromatic heterocycles. The molecule has 0 saturated heterocycles. The van der Waals surface area contributed by atoms with Gasteiger partial charge in [-0.15, -0.1) is 0 Å². The number of carbonyl (C=O) groups excluding carboxylic acids is 2. The quantitative estimate of drug-likeness (QED) is 0.729. The third kappa shape index (κ3) is 5.36. The van der Waals surface area contributed by atoms with E-state index in [9.17, 15) is 14.4 Å². The van der Waals surface area contributed by atoms with Gasteiger partial charge < -0.3 is 15.2 Å². The van der Waals surface area contributed by atoms with Crippen molar-refractivity contribution in [2.75, 3.05) is 6.61 Å². The molecule has 0 radical (unpaired) electrons. The zero-order chi connectivity index (χ0) is 16.0. The number of carboxylic acid groups (broad SMARTS) is 1. The lowest BCUT2D eigenvalue weighted by molar-refractivity contribution is -0.150. The van der Waals surface area contributed by atoms with Crippen molar-refractivity contribution in [1.82, 2.24) is 5.32 Å². The Morgan fingerprint density at radius 1 is 1.19 bits per heavy atom. The Bertz CT molecular complexity index is 397. The number of amides is 1. The van der Waals surface area contributed by atoms with E-state index in [1.807, 2.05) is 0 Å². The molecular formula is C15H25NO5. The molecule has 1 rings (SSSR count). The summed E-state index contributed by atoms with van der Waals surface area (Å²) in [5.41, 5.74) is -1.06. The smallest absolute Gasteiger partial charge is 0.309 e. The minimum Gasteiger partial charge on any atom is -0.481 e. The van der Waals surface area contributed by atoms with E-state index in [0.29, 0.717) is 19.4 Å². The summed E-state index contributed by atoms with van der Waals surface area (Å²) >= 11 is 0. The molecule has 1 aliphatic rings. The molecule has 1 aliphatic carbocycles. The summed E-state index contributed by atoms with van der Waals surface area (Å²) in [7, 11) is 0. The van der Waals surface area contributed by atoms with Gasteiger partial charge in [0, 0.05) is 12.5 Å². The van der Waals surface area contributed by atoms with Gasteiger partial charge >= 0.3 is 11.9 Å². The average Bonchev–Trinajstić information content (AvgIpc) is 2.38. The third-order valence-electron chi connectivity index (χ3n) is 3.89. The first kappa shape index (κ1) is 17.5. The van der Waals surface area contributed by atoms with Gasteiger partial charge in [-0.2, -0.15) is 0 Å². The number of hydrogen-bond donors (Lipinski definition) is 2. The van der Waals surface area contributed by atoms with Gasteiger partial charge in [-0.1, -0.05) is 0 Å². The SMILES string of the molecule is CCOC(=O)C1CCC(NC(=O)CC(C)(C)C(=O)O)CC1. The standard InChI is InChI=1S/C15H25NO5/c1-4-21-13(18)10-5-7-11(8-6-10)16-12(17)9-15(2,3)14(19)20/h10-11H,4-9H2,1-3H3,(H,16,17)(H,19,20). The minimum atomic E-state index is -1.06. The predicted molar refractivity (Wildman–Crippen MR) is 76.6 cm³/mol. The van der Waals surface area contributed by atoms with Crippen LogP contribution in [0.5, 0.6) is 0 Å². The topological polar surface area (TPSA) is 92.7 Å². The number of rotatable bonds is 6. The number of aliphatic carboxylic acids is 1. The molecule has 0 aliphatic heterocycles. The second-order valence-electron chi connectivity index (χ2n) is 6.23. The first-order valence-corrected chi connectivity index (χ1v) is 7.45. The van der Waals surface area contributed by atoms with Crippen molar-refractivity contribution in [3.05, 3.63) is 0 Å². The Morgan fingerprint density at radius 3 is 2.24 bits per heavy atom. The molecular weight excluding hydrogens is 274 g/mol. The van der Waals surface area contributed by atoms with Crippen LogP contribution in [-0.2, 0) is 19.1 Å². The molecule has 2 N–H and O–H groups in total. The fraction of sp³-hybridized carbons (Fsp3) is 0.800. The van der Waals surface area contributed by atoms with Gasteiger partial charge in [0.05, 0.1) is 17.9 Å². The third-order valence-corrected chi connectivity index (χ3v) is 3.89. The summed E-state index contributed by atoms with van der Waals surface area (Å²) in [4.78, 5) is 34.5. The molecule has 1 fully saturated rings. The normalized spacial score (nSPS) is 22.4. The van der Waals surface area contributed by atoms with Crippen LogP contribution in [-0.4, -0.2) is 35.6 Å². The highest BCUT2D eigenvalue weighted by molar-refractivity contribution is 5.84. The zero-order valence-electron chi connectivity index (χ0n) is 13.0. The summed E-state index contributed by atoms with van der Waals surface area (Å²) < 4.78 is 5.00. The summed E-state index contributed by atoms with van der Waals surface area (Å²) in [6.07, 6.45) is 2.81. The zero-order valence-corrected chi connectivity index (χ0v) is 13.0. The van der Waals surface area contributed by atoms with Crippen molar-refractivity contribution < 1.29 is 24.2 Å². The van der Waals surface area contributed by atoms with E-state index in [2.05, 4.69) is 5.32 Å². The molecule has 0 unspecified atom stereocenters. The van der Waals surface area contributed by atoms with Crippen LogP contribution in [0.25, 0.3) is 0 Å². The minimum absolute atomic E-state index is 0.0211. The van der Waals surface area contributed by atoms with Gasteiger partial charge in [0.2, 0.25) is 5.91 Å². The van der Waals surface area contributed by atoms with E-state index in [1.165, 1.54) is 13.8 Å². The van der Waals surface area contributed by atoms with Gasteiger partial charge in [0.15, 0.2) is 0 Å². The Balaban J connectivity index is 2.37. The van der Waals surface area contributed by atoms with Crippen LogP contribution in [0.4, 0.5) is 0 Å². The van der Waals surface area contributed by atoms with Crippen LogP contribution in [0.3, 0.4) is 0 Å². The van der Waals surface area contributed by atoms with E-state index in [1.54, 1.807) is 6.92 Å². The molecule has 0 heterocycles. The fourth-order valence-electron chi connectivity index (χ4n) is 2.49. The maximum absolute atomic E-state index is 11.9. The van der Waals surface area contributed by atoms with Crippen LogP contribution < -0.4 is 5.32 Å². The predicted octanol–water partition coefficient (Wildman–Crippen LogP) is 1.73. The van der Waals surface area contributed by atoms with E-state index in [-0.39, 0.29) is 30.3 Å². The maximum Gasteiger partial charge on any atom is 0.309 e. The van der Waals surface area contributed by atoms with Crippen LogP contribution in [0.1, 0.15) is 52.9 Å². The summed E-state index contributed by atoms with van der Waals surface area (Å²) in [6.45, 7) is 5.24. The summed E-state index contributed by atoms with van der Waals surface area (Å²) in [5, 5.41) is 11.9. The highest BCUT2D eigenvalue weighted by Crippen LogP contribution is 2.26. The number of hydrogen-bond acceptors (Lipinski definition) is 4. The van der Waals surface area contributed by atoms with Crippen molar-refractivity contribution >= 4 is 17.8 Å². The first-order valence-electron chi connectivity index (χ1n) is 7.45. The number of nitrogens with one attached hydrogen (secondary N) is 1. The summed E-state index contributed by atoms with van der Waals surface area (Å²) in [5.74, 6) is -1.46. The Kier molecular flexibility index (Phi) is 6.18. The molecule has 21 heavy (non-hydrogen) atoms. The lowest BCUT2D eigenvalue weighted by Crippen LogP contribution is -2.41. The monoisotopic (exact) mass is 299 g/mol. The number of carbonyl (C=O) groups is 3. The lowest BCUT2D eigenvalue weighted by Gasteiger charge is -2.28. The van der Waals surface area contributed by atoms with Crippen molar-refractivity contribution in [2.45, 2.75) is 58.9 Å².